The third-order valence-electron chi connectivity index (χ3n) is 1.99. The molecule has 2 aliphatic rings. The molecule has 0 heterocycles. The fourth-order valence-corrected chi connectivity index (χ4v) is 1.39. The van der Waals surface area contributed by atoms with Gasteiger partial charge in [0.1, 0.15) is 0 Å². The van der Waals surface area contributed by atoms with Crippen LogP contribution in [0.4, 0.5) is 0 Å². The molecule has 0 aromatic carbocycles. The van der Waals surface area contributed by atoms with Gasteiger partial charge in [0.15, 0.2) is 5.57 Å². The van der Waals surface area contributed by atoms with Crippen LogP contribution in [-0.2, 0) is 0 Å². The lowest BCUT2D eigenvalue weighted by Crippen LogP contribution is -1.93. The summed E-state index contributed by atoms with van der Waals surface area (Å²) in [5, 5.41) is 0. The van der Waals surface area contributed by atoms with E-state index in [-0.39, 0.29) is 0 Å². The Morgan fingerprint density at radius 1 is 1.09 bits per heavy atom. The lowest BCUT2D eigenvalue weighted by Gasteiger charge is -1.97. The van der Waals surface area contributed by atoms with Gasteiger partial charge >= 0.3 is 0 Å². The Kier molecular flexibility index (Phi) is 1.34. The van der Waals surface area contributed by atoms with Crippen LogP contribution in [0, 0.1) is 12.5 Å². The Balaban J connectivity index is 2.42. The van der Waals surface area contributed by atoms with E-state index in [1.165, 1.54) is 5.57 Å². The number of hydrogen-bond donors (Lipinski definition) is 0. The van der Waals surface area contributed by atoms with Crippen LogP contribution in [0.25, 0.3) is 0 Å². The van der Waals surface area contributed by atoms with Crippen molar-refractivity contribution in [3.63, 3.8) is 0 Å². The molecule has 2 rings (SSSR count). The van der Waals surface area contributed by atoms with E-state index < -0.39 is 0 Å². The van der Waals surface area contributed by atoms with E-state index >= 15 is 0 Å². The molecule has 0 saturated carbocycles. The SMILES string of the molecule is [CH+]=C1C=CC=CC2C=CC=C12. The molecule has 0 saturated heterocycles. The van der Waals surface area contributed by atoms with Crippen LogP contribution >= 0.6 is 0 Å². The Bertz CT molecular complexity index is 298. The van der Waals surface area contributed by atoms with Crippen molar-refractivity contribution < 1.29 is 0 Å². The van der Waals surface area contributed by atoms with Gasteiger partial charge in [0, 0.05) is 6.58 Å². The first-order valence-electron chi connectivity index (χ1n) is 3.74. The van der Waals surface area contributed by atoms with E-state index in [9.17, 15) is 0 Å². The Labute approximate surface area is 66.9 Å². The van der Waals surface area contributed by atoms with Crippen LogP contribution in [0.5, 0.6) is 0 Å². The van der Waals surface area contributed by atoms with E-state index in [1.54, 1.807) is 0 Å². The van der Waals surface area contributed by atoms with Crippen molar-refractivity contribution in [2.24, 2.45) is 5.92 Å². The topological polar surface area (TPSA) is 0 Å². The van der Waals surface area contributed by atoms with Crippen molar-refractivity contribution in [2.45, 2.75) is 0 Å². The van der Waals surface area contributed by atoms with Crippen molar-refractivity contribution in [3.05, 3.63) is 60.3 Å². The van der Waals surface area contributed by atoms with Gasteiger partial charge in [-0.05, 0) is 12.2 Å². The van der Waals surface area contributed by atoms with Gasteiger partial charge in [-0.1, -0.05) is 24.3 Å². The molecule has 0 aromatic rings. The van der Waals surface area contributed by atoms with Crippen molar-refractivity contribution in [2.75, 3.05) is 0 Å². The van der Waals surface area contributed by atoms with Crippen LogP contribution < -0.4 is 0 Å². The molecule has 0 radical (unpaired) electrons. The van der Waals surface area contributed by atoms with Gasteiger partial charge < -0.3 is 0 Å². The Morgan fingerprint density at radius 2 is 1.91 bits per heavy atom. The number of rotatable bonds is 0. The lowest BCUT2D eigenvalue weighted by molar-refractivity contribution is 1.02. The first kappa shape index (κ1) is 6.33. The lowest BCUT2D eigenvalue weighted by atomic mass is 9.98. The normalized spacial score (nSPS) is 26.6. The van der Waals surface area contributed by atoms with Crippen molar-refractivity contribution in [1.82, 2.24) is 0 Å². The standard InChI is InChI=1S/C11H9/c1-9-5-2-3-6-10-7-4-8-11(9)10/h1-8,10H/q+1. The van der Waals surface area contributed by atoms with Crippen LogP contribution in [0.3, 0.4) is 0 Å². The number of fused-ring (bicyclic) bond motifs is 1. The molecule has 0 heteroatoms. The molecule has 11 heavy (non-hydrogen) atoms. The average Bonchev–Trinajstić information content (AvgIpc) is 2.40. The van der Waals surface area contributed by atoms with Crippen LogP contribution in [0.15, 0.2) is 53.7 Å². The fraction of sp³-hybridized carbons (Fsp3) is 0.0909. The minimum Gasteiger partial charge on any atom is -0.0593 e. The van der Waals surface area contributed by atoms with Gasteiger partial charge in [0.2, 0.25) is 0 Å². The molecular weight excluding hydrogens is 132 g/mol. The highest BCUT2D eigenvalue weighted by Crippen LogP contribution is 2.28. The van der Waals surface area contributed by atoms with Crippen molar-refractivity contribution in [1.29, 1.82) is 0 Å². The zero-order valence-corrected chi connectivity index (χ0v) is 6.20. The predicted octanol–water partition coefficient (Wildman–Crippen LogP) is 2.58. The molecule has 52 valence electrons. The largest absolute Gasteiger partial charge is 0.184 e. The summed E-state index contributed by atoms with van der Waals surface area (Å²) in [6.07, 6.45) is 14.4. The summed E-state index contributed by atoms with van der Waals surface area (Å²) in [5.74, 6) is 0.407. The molecule has 0 amide bonds. The smallest absolute Gasteiger partial charge is 0.0593 e. The van der Waals surface area contributed by atoms with E-state index in [0.717, 1.165) is 5.57 Å². The molecule has 0 nitrogen and oxygen atoms in total. The molecule has 1 unspecified atom stereocenters. The van der Waals surface area contributed by atoms with Crippen molar-refractivity contribution >= 4 is 0 Å². The zero-order chi connectivity index (χ0) is 7.68. The third kappa shape index (κ3) is 0.978. The second-order valence-corrected chi connectivity index (χ2v) is 2.73. The van der Waals surface area contributed by atoms with E-state index in [1.807, 2.05) is 18.2 Å². The van der Waals surface area contributed by atoms with Crippen molar-refractivity contribution in [3.8, 4) is 0 Å². The van der Waals surface area contributed by atoms with Crippen LogP contribution in [0.1, 0.15) is 0 Å². The third-order valence-corrected chi connectivity index (χ3v) is 1.99. The summed E-state index contributed by atoms with van der Waals surface area (Å²) in [5.41, 5.74) is 2.10. The summed E-state index contributed by atoms with van der Waals surface area (Å²) in [7, 11) is 0. The molecule has 0 spiro atoms. The highest BCUT2D eigenvalue weighted by Gasteiger charge is 2.21. The van der Waals surface area contributed by atoms with Gasteiger partial charge in [0.25, 0.3) is 0 Å². The Hall–Kier alpha value is -1.39. The quantitative estimate of drug-likeness (QED) is 0.455. The summed E-state index contributed by atoms with van der Waals surface area (Å²) < 4.78 is 0. The molecule has 0 aromatic heterocycles. The molecule has 0 aliphatic heterocycles. The van der Waals surface area contributed by atoms with Gasteiger partial charge in [-0.2, -0.15) is 0 Å². The molecule has 0 fully saturated rings. The average molecular weight is 141 g/mol. The first-order chi connectivity index (χ1) is 5.38. The minimum atomic E-state index is 0.407. The van der Waals surface area contributed by atoms with E-state index in [4.69, 9.17) is 6.58 Å². The molecule has 1 atom stereocenters. The molecular formula is C11H9+. The summed E-state index contributed by atoms with van der Waals surface area (Å²) in [4.78, 5) is 0. The van der Waals surface area contributed by atoms with Gasteiger partial charge in [-0.3, -0.25) is 0 Å². The number of allylic oxidation sites excluding steroid dienone is 9. The maximum absolute atomic E-state index is 5.80. The fourth-order valence-electron chi connectivity index (χ4n) is 1.39. The van der Waals surface area contributed by atoms with E-state index in [2.05, 4.69) is 24.3 Å². The highest BCUT2D eigenvalue weighted by molar-refractivity contribution is 5.50. The van der Waals surface area contributed by atoms with Gasteiger partial charge in [-0.25, -0.2) is 0 Å². The van der Waals surface area contributed by atoms with Crippen LogP contribution in [0.2, 0.25) is 0 Å². The number of hydrogen-bond acceptors (Lipinski definition) is 0. The molecule has 0 N–H and O–H groups in total. The summed E-state index contributed by atoms with van der Waals surface area (Å²) >= 11 is 0. The maximum Gasteiger partial charge on any atom is 0.184 e. The molecule has 0 bridgehead atoms. The maximum atomic E-state index is 5.80. The monoisotopic (exact) mass is 141 g/mol. The summed E-state index contributed by atoms with van der Waals surface area (Å²) in [6, 6.07) is 0. The predicted molar refractivity (Wildman–Crippen MR) is 46.8 cm³/mol. The van der Waals surface area contributed by atoms with Gasteiger partial charge in [-0.15, -0.1) is 0 Å². The molecule has 2 aliphatic carbocycles. The second kappa shape index (κ2) is 2.34. The van der Waals surface area contributed by atoms with Gasteiger partial charge in [0.05, 0.1) is 17.6 Å². The van der Waals surface area contributed by atoms with E-state index in [0.29, 0.717) is 5.92 Å². The second-order valence-electron chi connectivity index (χ2n) is 2.73. The zero-order valence-electron chi connectivity index (χ0n) is 6.20. The highest BCUT2D eigenvalue weighted by atomic mass is 14.2. The van der Waals surface area contributed by atoms with Crippen LogP contribution in [-0.4, -0.2) is 0 Å². The summed E-state index contributed by atoms with van der Waals surface area (Å²) in [6.45, 7) is 5.80. The Morgan fingerprint density at radius 3 is 2.82 bits per heavy atom. The first-order valence-corrected chi connectivity index (χ1v) is 3.74. The minimum absolute atomic E-state index is 0.407.